The van der Waals surface area contributed by atoms with Gasteiger partial charge in [0.25, 0.3) is 5.91 Å². The van der Waals surface area contributed by atoms with Gasteiger partial charge < -0.3 is 4.74 Å². The van der Waals surface area contributed by atoms with Crippen molar-refractivity contribution < 1.29 is 13.9 Å². The molecule has 1 amide bonds. The summed E-state index contributed by atoms with van der Waals surface area (Å²) in [5.41, 5.74) is 1.51. The largest absolute Gasteiger partial charge is 0.481 e. The van der Waals surface area contributed by atoms with E-state index in [1.54, 1.807) is 6.07 Å². The van der Waals surface area contributed by atoms with Crippen molar-refractivity contribution in [3.63, 3.8) is 0 Å². The van der Waals surface area contributed by atoms with Crippen molar-refractivity contribution in [2.24, 2.45) is 0 Å². The average Bonchev–Trinajstić information content (AvgIpc) is 3.01. The molecule has 128 valence electrons. The smallest absolute Gasteiger partial charge is 0.271 e. The summed E-state index contributed by atoms with van der Waals surface area (Å²) in [6, 6.07) is 13.6. The van der Waals surface area contributed by atoms with E-state index in [2.05, 4.69) is 20.9 Å². The summed E-state index contributed by atoms with van der Waals surface area (Å²) in [5, 5.41) is 2.42. The predicted octanol–water partition coefficient (Wildman–Crippen LogP) is 5.10. The van der Waals surface area contributed by atoms with Crippen LogP contribution in [0.3, 0.4) is 0 Å². The maximum atomic E-state index is 13.9. The minimum atomic E-state index is -0.529. The highest BCUT2D eigenvalue weighted by Gasteiger charge is 2.21. The van der Waals surface area contributed by atoms with Gasteiger partial charge in [0.2, 0.25) is 0 Å². The molecule has 0 saturated heterocycles. The van der Waals surface area contributed by atoms with E-state index in [1.807, 2.05) is 42.6 Å². The third kappa shape index (κ3) is 4.24. The molecule has 0 saturated carbocycles. The van der Waals surface area contributed by atoms with Crippen LogP contribution < -0.4 is 9.64 Å². The first-order chi connectivity index (χ1) is 12.0. The van der Waals surface area contributed by atoms with Gasteiger partial charge in [0, 0.05) is 9.85 Å². The minimum Gasteiger partial charge on any atom is -0.481 e. The van der Waals surface area contributed by atoms with Crippen molar-refractivity contribution in [3.8, 4) is 5.75 Å². The van der Waals surface area contributed by atoms with E-state index in [0.717, 1.165) is 5.69 Å². The summed E-state index contributed by atoms with van der Waals surface area (Å²) in [6.45, 7) is 1.56. The Morgan fingerprint density at radius 2 is 2.04 bits per heavy atom. The highest BCUT2D eigenvalue weighted by atomic mass is 79.9. The van der Waals surface area contributed by atoms with Gasteiger partial charge in [0.1, 0.15) is 0 Å². The van der Waals surface area contributed by atoms with Crippen LogP contribution in [0.4, 0.5) is 15.2 Å². The lowest BCUT2D eigenvalue weighted by molar-refractivity contribution is -0.119. The van der Waals surface area contributed by atoms with E-state index in [0.29, 0.717) is 15.3 Å². The summed E-state index contributed by atoms with van der Waals surface area (Å²) in [4.78, 5) is 18.6. The number of aromatic nitrogens is 1. The second-order valence-electron chi connectivity index (χ2n) is 5.20. The quantitative estimate of drug-likeness (QED) is 0.576. The zero-order chi connectivity index (χ0) is 17.8. The van der Waals surface area contributed by atoms with Crippen LogP contribution in [-0.4, -0.2) is 17.5 Å². The Bertz CT molecular complexity index is 886. The Kier molecular flexibility index (Phi) is 5.45. The second-order valence-corrected chi connectivity index (χ2v) is 6.95. The number of carbonyl (C=O) groups is 1. The van der Waals surface area contributed by atoms with Gasteiger partial charge in [-0.05, 0) is 37.3 Å². The molecule has 0 unspecified atom stereocenters. The van der Waals surface area contributed by atoms with E-state index in [-0.39, 0.29) is 18.3 Å². The zero-order valence-electron chi connectivity index (χ0n) is 13.3. The molecule has 4 nitrogen and oxygen atoms in total. The second kappa shape index (κ2) is 7.76. The number of benzene rings is 2. The number of carbonyl (C=O) groups excluding carboxylic acids is 1. The van der Waals surface area contributed by atoms with E-state index < -0.39 is 5.82 Å². The molecular formula is C18H14BrFN2O2S. The molecule has 0 radical (unpaired) electrons. The number of hydrogen-bond donors (Lipinski definition) is 0. The number of para-hydroxylation sites is 1. The third-order valence-corrected chi connectivity index (χ3v) is 4.74. The molecule has 25 heavy (non-hydrogen) atoms. The number of thiazole rings is 1. The Morgan fingerprint density at radius 3 is 2.68 bits per heavy atom. The molecule has 0 aliphatic carbocycles. The van der Waals surface area contributed by atoms with E-state index in [4.69, 9.17) is 4.74 Å². The van der Waals surface area contributed by atoms with E-state index >= 15 is 0 Å². The number of rotatable bonds is 5. The fourth-order valence-corrected chi connectivity index (χ4v) is 3.35. The molecule has 3 rings (SSSR count). The molecule has 0 fully saturated rings. The molecule has 0 bridgehead atoms. The first-order valence-electron chi connectivity index (χ1n) is 7.42. The van der Waals surface area contributed by atoms with Gasteiger partial charge in [-0.3, -0.25) is 9.69 Å². The van der Waals surface area contributed by atoms with Gasteiger partial charge in [0.05, 0.1) is 11.4 Å². The molecule has 3 aromatic rings. The van der Waals surface area contributed by atoms with Crippen molar-refractivity contribution in [3.05, 3.63) is 69.9 Å². The zero-order valence-corrected chi connectivity index (χ0v) is 15.7. The number of aryl methyl sites for hydroxylation is 1. The monoisotopic (exact) mass is 420 g/mol. The summed E-state index contributed by atoms with van der Waals surface area (Å²) < 4.78 is 19.8. The van der Waals surface area contributed by atoms with Crippen LogP contribution in [0.15, 0.2) is 58.4 Å². The SMILES string of the molecule is Cc1csc(N(C(=O)COc2ccc(Br)cc2F)c2ccccc2)n1. The number of halogens is 2. The maximum absolute atomic E-state index is 13.9. The van der Waals surface area contributed by atoms with Crippen LogP contribution in [-0.2, 0) is 4.79 Å². The average molecular weight is 421 g/mol. The molecule has 0 N–H and O–H groups in total. The van der Waals surface area contributed by atoms with Crippen molar-refractivity contribution in [2.75, 3.05) is 11.5 Å². The van der Waals surface area contributed by atoms with Gasteiger partial charge in [-0.15, -0.1) is 11.3 Å². The summed E-state index contributed by atoms with van der Waals surface area (Å²) in [7, 11) is 0. The normalized spacial score (nSPS) is 10.5. The highest BCUT2D eigenvalue weighted by molar-refractivity contribution is 9.10. The predicted molar refractivity (Wildman–Crippen MR) is 100 cm³/mol. The van der Waals surface area contributed by atoms with Crippen LogP contribution in [0, 0.1) is 12.7 Å². The first-order valence-corrected chi connectivity index (χ1v) is 9.10. The molecule has 0 aliphatic rings. The van der Waals surface area contributed by atoms with Crippen LogP contribution in [0.2, 0.25) is 0 Å². The fraction of sp³-hybridized carbons (Fsp3) is 0.111. The molecule has 1 heterocycles. The summed E-state index contributed by atoms with van der Waals surface area (Å²) >= 11 is 4.55. The number of anilines is 2. The van der Waals surface area contributed by atoms with Gasteiger partial charge >= 0.3 is 0 Å². The lowest BCUT2D eigenvalue weighted by atomic mass is 10.3. The van der Waals surface area contributed by atoms with Gasteiger partial charge in [-0.25, -0.2) is 9.37 Å². The van der Waals surface area contributed by atoms with Crippen molar-refractivity contribution in [1.29, 1.82) is 0 Å². The Labute approximate surface area is 157 Å². The van der Waals surface area contributed by atoms with E-state index in [9.17, 15) is 9.18 Å². The number of amides is 1. The van der Waals surface area contributed by atoms with Crippen LogP contribution >= 0.6 is 27.3 Å². The fourth-order valence-electron chi connectivity index (χ4n) is 2.18. The van der Waals surface area contributed by atoms with Gasteiger partial charge in [0.15, 0.2) is 23.3 Å². The Morgan fingerprint density at radius 1 is 1.28 bits per heavy atom. The molecule has 1 aromatic heterocycles. The summed E-state index contributed by atoms with van der Waals surface area (Å²) in [6.07, 6.45) is 0. The molecule has 0 atom stereocenters. The molecule has 0 spiro atoms. The standard InChI is InChI=1S/C18H14BrFN2O2S/c1-12-11-25-18(21-12)22(14-5-3-2-4-6-14)17(23)10-24-16-8-7-13(19)9-15(16)20/h2-9,11H,10H2,1H3. The number of ether oxygens (including phenoxy) is 1. The van der Waals surface area contributed by atoms with Crippen molar-refractivity contribution >= 4 is 44.0 Å². The topological polar surface area (TPSA) is 42.4 Å². The Balaban J connectivity index is 1.82. The van der Waals surface area contributed by atoms with Crippen molar-refractivity contribution in [2.45, 2.75) is 6.92 Å². The molecule has 2 aromatic carbocycles. The van der Waals surface area contributed by atoms with Gasteiger partial charge in [-0.2, -0.15) is 0 Å². The third-order valence-electron chi connectivity index (χ3n) is 3.31. The minimum absolute atomic E-state index is 0.0277. The van der Waals surface area contributed by atoms with Crippen molar-refractivity contribution in [1.82, 2.24) is 4.98 Å². The molecular weight excluding hydrogens is 407 g/mol. The molecule has 0 aliphatic heterocycles. The van der Waals surface area contributed by atoms with Crippen LogP contribution in [0.25, 0.3) is 0 Å². The Hall–Kier alpha value is -2.25. The first kappa shape index (κ1) is 17.6. The van der Waals surface area contributed by atoms with E-state index in [1.165, 1.54) is 28.4 Å². The number of nitrogens with zero attached hydrogens (tertiary/aromatic N) is 2. The lowest BCUT2D eigenvalue weighted by Gasteiger charge is -2.20. The maximum Gasteiger partial charge on any atom is 0.271 e. The van der Waals surface area contributed by atoms with Crippen LogP contribution in [0.5, 0.6) is 5.75 Å². The highest BCUT2D eigenvalue weighted by Crippen LogP contribution is 2.29. The molecule has 7 heteroatoms. The lowest BCUT2D eigenvalue weighted by Crippen LogP contribution is -2.31. The summed E-state index contributed by atoms with van der Waals surface area (Å²) in [5.74, 6) is -0.832. The number of hydrogen-bond acceptors (Lipinski definition) is 4. The van der Waals surface area contributed by atoms with Crippen LogP contribution in [0.1, 0.15) is 5.69 Å². The van der Waals surface area contributed by atoms with Gasteiger partial charge in [-0.1, -0.05) is 34.1 Å².